The minimum absolute atomic E-state index is 0.0535. The minimum atomic E-state index is -0.568. The standard InChI is InChI=1S/C13H15FN4O/c1-19-12-11(14)9-17-13(18-12)16-8-4-6-10-5-2-3-7-15-10/h2-3,5,7,9H,4,6,8H2,1H3,(H,16,17,18). The highest BCUT2D eigenvalue weighted by Gasteiger charge is 2.06. The van der Waals surface area contributed by atoms with Crippen LogP contribution >= 0.6 is 0 Å². The van der Waals surface area contributed by atoms with Crippen LogP contribution in [0.1, 0.15) is 12.1 Å². The van der Waals surface area contributed by atoms with Crippen LogP contribution in [0, 0.1) is 5.82 Å². The number of anilines is 1. The van der Waals surface area contributed by atoms with Gasteiger partial charge in [0.05, 0.1) is 13.3 Å². The third kappa shape index (κ3) is 3.87. The third-order valence-corrected chi connectivity index (χ3v) is 2.52. The van der Waals surface area contributed by atoms with Crippen molar-refractivity contribution in [3.8, 4) is 5.88 Å². The second kappa shape index (κ2) is 6.63. The molecule has 0 aliphatic rings. The highest BCUT2D eigenvalue weighted by atomic mass is 19.1. The summed E-state index contributed by atoms with van der Waals surface area (Å²) in [5.74, 6) is -0.261. The van der Waals surface area contributed by atoms with Crippen LogP contribution in [0.25, 0.3) is 0 Å². The van der Waals surface area contributed by atoms with Crippen molar-refractivity contribution in [2.75, 3.05) is 19.0 Å². The predicted octanol–water partition coefficient (Wildman–Crippen LogP) is 2.06. The predicted molar refractivity (Wildman–Crippen MR) is 69.6 cm³/mol. The van der Waals surface area contributed by atoms with Crippen molar-refractivity contribution in [3.63, 3.8) is 0 Å². The Morgan fingerprint density at radius 3 is 2.95 bits per heavy atom. The molecule has 2 aromatic rings. The third-order valence-electron chi connectivity index (χ3n) is 2.52. The van der Waals surface area contributed by atoms with Crippen LogP contribution in [-0.4, -0.2) is 28.6 Å². The van der Waals surface area contributed by atoms with Crippen molar-refractivity contribution in [3.05, 3.63) is 42.1 Å². The molecule has 19 heavy (non-hydrogen) atoms. The van der Waals surface area contributed by atoms with Gasteiger partial charge in [0, 0.05) is 18.4 Å². The molecule has 0 saturated heterocycles. The van der Waals surface area contributed by atoms with Crippen molar-refractivity contribution in [1.29, 1.82) is 0 Å². The van der Waals surface area contributed by atoms with Gasteiger partial charge in [-0.3, -0.25) is 4.98 Å². The van der Waals surface area contributed by atoms with Crippen molar-refractivity contribution in [2.45, 2.75) is 12.8 Å². The van der Waals surface area contributed by atoms with Gasteiger partial charge in [0.15, 0.2) is 0 Å². The fraction of sp³-hybridized carbons (Fsp3) is 0.308. The van der Waals surface area contributed by atoms with E-state index in [-0.39, 0.29) is 5.88 Å². The van der Waals surface area contributed by atoms with E-state index < -0.39 is 5.82 Å². The maximum Gasteiger partial charge on any atom is 0.255 e. The first-order valence-electron chi connectivity index (χ1n) is 6.00. The number of hydrogen-bond donors (Lipinski definition) is 1. The van der Waals surface area contributed by atoms with E-state index in [0.717, 1.165) is 24.7 Å². The van der Waals surface area contributed by atoms with Gasteiger partial charge < -0.3 is 10.1 Å². The number of nitrogens with one attached hydrogen (secondary N) is 1. The summed E-state index contributed by atoms with van der Waals surface area (Å²) in [6.07, 6.45) is 4.62. The van der Waals surface area contributed by atoms with Crippen molar-refractivity contribution < 1.29 is 9.13 Å². The number of rotatable bonds is 6. The van der Waals surface area contributed by atoms with Crippen LogP contribution in [0.15, 0.2) is 30.6 Å². The van der Waals surface area contributed by atoms with Crippen molar-refractivity contribution in [1.82, 2.24) is 15.0 Å². The van der Waals surface area contributed by atoms with E-state index in [1.165, 1.54) is 7.11 Å². The highest BCUT2D eigenvalue weighted by Crippen LogP contribution is 2.13. The molecule has 2 aromatic heterocycles. The van der Waals surface area contributed by atoms with E-state index in [4.69, 9.17) is 4.74 Å². The van der Waals surface area contributed by atoms with Crippen LogP contribution in [0.5, 0.6) is 5.88 Å². The van der Waals surface area contributed by atoms with Gasteiger partial charge >= 0.3 is 0 Å². The molecule has 1 N–H and O–H groups in total. The molecule has 0 bridgehead atoms. The summed E-state index contributed by atoms with van der Waals surface area (Å²) in [7, 11) is 1.37. The van der Waals surface area contributed by atoms with Gasteiger partial charge in [-0.25, -0.2) is 4.98 Å². The lowest BCUT2D eigenvalue weighted by atomic mass is 10.2. The molecule has 0 fully saturated rings. The van der Waals surface area contributed by atoms with E-state index in [1.807, 2.05) is 18.2 Å². The topological polar surface area (TPSA) is 59.9 Å². The lowest BCUT2D eigenvalue weighted by Crippen LogP contribution is -2.08. The quantitative estimate of drug-likeness (QED) is 0.807. The summed E-state index contributed by atoms with van der Waals surface area (Å²) in [6.45, 7) is 0.686. The molecule has 0 saturated carbocycles. The van der Waals surface area contributed by atoms with Crippen LogP contribution in [0.4, 0.5) is 10.3 Å². The molecule has 0 atom stereocenters. The second-order valence-corrected chi connectivity index (χ2v) is 3.90. The molecule has 2 heterocycles. The average Bonchev–Trinajstić information content (AvgIpc) is 2.46. The van der Waals surface area contributed by atoms with Gasteiger partial charge in [-0.1, -0.05) is 6.07 Å². The van der Waals surface area contributed by atoms with Crippen molar-refractivity contribution in [2.24, 2.45) is 0 Å². The Hall–Kier alpha value is -2.24. The number of hydrogen-bond acceptors (Lipinski definition) is 5. The maximum atomic E-state index is 13.1. The summed E-state index contributed by atoms with van der Waals surface area (Å²) >= 11 is 0. The summed E-state index contributed by atoms with van der Waals surface area (Å²) in [5, 5.41) is 3.02. The van der Waals surface area contributed by atoms with Crippen LogP contribution < -0.4 is 10.1 Å². The Morgan fingerprint density at radius 1 is 1.32 bits per heavy atom. The van der Waals surface area contributed by atoms with Crippen LogP contribution in [0.2, 0.25) is 0 Å². The van der Waals surface area contributed by atoms with Gasteiger partial charge in [0.25, 0.3) is 5.88 Å². The minimum Gasteiger partial charge on any atom is -0.479 e. The molecule has 2 rings (SSSR count). The molecule has 0 radical (unpaired) electrons. The van der Waals surface area contributed by atoms with E-state index in [0.29, 0.717) is 12.5 Å². The first-order valence-corrected chi connectivity index (χ1v) is 6.00. The lowest BCUT2D eigenvalue weighted by Gasteiger charge is -2.06. The number of aryl methyl sites for hydroxylation is 1. The molecule has 0 aliphatic heterocycles. The number of pyridine rings is 1. The summed E-state index contributed by atoms with van der Waals surface area (Å²) < 4.78 is 17.9. The fourth-order valence-corrected chi connectivity index (χ4v) is 1.60. The summed E-state index contributed by atoms with van der Waals surface area (Å²) in [4.78, 5) is 12.0. The monoisotopic (exact) mass is 262 g/mol. The van der Waals surface area contributed by atoms with E-state index in [2.05, 4.69) is 20.3 Å². The number of ether oxygens (including phenoxy) is 1. The van der Waals surface area contributed by atoms with E-state index >= 15 is 0 Å². The number of aromatic nitrogens is 3. The summed E-state index contributed by atoms with van der Waals surface area (Å²) in [6, 6.07) is 5.83. The molecule has 5 nitrogen and oxygen atoms in total. The number of halogens is 1. The van der Waals surface area contributed by atoms with Gasteiger partial charge in [0.1, 0.15) is 0 Å². The normalized spacial score (nSPS) is 10.2. The number of methoxy groups -OCH3 is 1. The zero-order valence-corrected chi connectivity index (χ0v) is 10.6. The van der Waals surface area contributed by atoms with Gasteiger partial charge in [-0.2, -0.15) is 9.37 Å². The van der Waals surface area contributed by atoms with E-state index in [1.54, 1.807) is 6.20 Å². The van der Waals surface area contributed by atoms with Gasteiger partial charge in [-0.15, -0.1) is 0 Å². The van der Waals surface area contributed by atoms with Crippen LogP contribution in [0.3, 0.4) is 0 Å². The Labute approximate surface area is 110 Å². The molecule has 0 amide bonds. The molecule has 6 heteroatoms. The summed E-state index contributed by atoms with van der Waals surface area (Å²) in [5.41, 5.74) is 1.04. The Bertz CT molecular complexity index is 521. The Balaban J connectivity index is 1.80. The lowest BCUT2D eigenvalue weighted by molar-refractivity contribution is 0.368. The SMILES string of the molecule is COc1nc(NCCCc2ccccn2)ncc1F. The fourth-order valence-electron chi connectivity index (χ4n) is 1.60. The largest absolute Gasteiger partial charge is 0.479 e. The Kier molecular flexibility index (Phi) is 4.60. The highest BCUT2D eigenvalue weighted by molar-refractivity contribution is 5.28. The first kappa shape index (κ1) is 13.2. The molecular formula is C13H15FN4O. The van der Waals surface area contributed by atoms with Gasteiger partial charge in [-0.05, 0) is 25.0 Å². The smallest absolute Gasteiger partial charge is 0.255 e. The zero-order valence-electron chi connectivity index (χ0n) is 10.6. The molecular weight excluding hydrogens is 247 g/mol. The molecule has 0 aromatic carbocycles. The molecule has 100 valence electrons. The number of nitrogens with zero attached hydrogens (tertiary/aromatic N) is 3. The molecule has 0 aliphatic carbocycles. The van der Waals surface area contributed by atoms with Gasteiger partial charge in [0.2, 0.25) is 11.8 Å². The maximum absolute atomic E-state index is 13.1. The van der Waals surface area contributed by atoms with Crippen molar-refractivity contribution >= 4 is 5.95 Å². The zero-order chi connectivity index (χ0) is 13.5. The van der Waals surface area contributed by atoms with E-state index in [9.17, 15) is 4.39 Å². The molecule has 0 spiro atoms. The van der Waals surface area contributed by atoms with Crippen LogP contribution in [-0.2, 0) is 6.42 Å². The Morgan fingerprint density at radius 2 is 2.21 bits per heavy atom. The first-order chi connectivity index (χ1) is 9.29. The average molecular weight is 262 g/mol. The second-order valence-electron chi connectivity index (χ2n) is 3.90. The molecule has 0 unspecified atom stereocenters.